The molecule has 5 heteroatoms. The molecule has 0 saturated heterocycles. The second-order valence-electron chi connectivity index (χ2n) is 5.74. The van der Waals surface area contributed by atoms with Gasteiger partial charge in [-0.2, -0.15) is 0 Å². The second-order valence-corrected chi connectivity index (χ2v) is 5.74. The SMILES string of the molecule is C#CC(NC(=O)OC(C)(C)C)c1ccc(CC(=O)OC)cc1. The van der Waals surface area contributed by atoms with Gasteiger partial charge in [0, 0.05) is 0 Å². The monoisotopic (exact) mass is 303 g/mol. The van der Waals surface area contributed by atoms with E-state index in [9.17, 15) is 9.59 Å². The number of benzene rings is 1. The first-order valence-electron chi connectivity index (χ1n) is 6.86. The van der Waals surface area contributed by atoms with Crippen molar-refractivity contribution in [3.05, 3.63) is 35.4 Å². The van der Waals surface area contributed by atoms with Gasteiger partial charge < -0.3 is 14.8 Å². The highest BCUT2D eigenvalue weighted by atomic mass is 16.6. The van der Waals surface area contributed by atoms with Gasteiger partial charge in [-0.05, 0) is 31.9 Å². The maximum Gasteiger partial charge on any atom is 0.408 e. The minimum absolute atomic E-state index is 0.191. The molecule has 0 aromatic heterocycles. The number of carbonyl (C=O) groups excluding carboxylic acids is 2. The third-order valence-corrected chi connectivity index (χ3v) is 2.72. The lowest BCUT2D eigenvalue weighted by Gasteiger charge is -2.21. The molecule has 0 spiro atoms. The summed E-state index contributed by atoms with van der Waals surface area (Å²) in [6.07, 6.45) is 5.08. The van der Waals surface area contributed by atoms with E-state index in [2.05, 4.69) is 16.0 Å². The minimum atomic E-state index is -0.595. The first kappa shape index (κ1) is 17.6. The van der Waals surface area contributed by atoms with E-state index >= 15 is 0 Å². The molecule has 1 N–H and O–H groups in total. The summed E-state index contributed by atoms with van der Waals surface area (Å²) in [6, 6.07) is 6.48. The van der Waals surface area contributed by atoms with E-state index < -0.39 is 17.7 Å². The lowest BCUT2D eigenvalue weighted by Crippen LogP contribution is -2.34. The van der Waals surface area contributed by atoms with Crippen LogP contribution in [0.5, 0.6) is 0 Å². The normalized spacial score (nSPS) is 12.0. The van der Waals surface area contributed by atoms with Gasteiger partial charge >= 0.3 is 12.1 Å². The topological polar surface area (TPSA) is 64.6 Å². The quantitative estimate of drug-likeness (QED) is 0.686. The predicted molar refractivity (Wildman–Crippen MR) is 83.1 cm³/mol. The van der Waals surface area contributed by atoms with Crippen LogP contribution in [0.4, 0.5) is 4.79 Å². The van der Waals surface area contributed by atoms with Crippen LogP contribution < -0.4 is 5.32 Å². The van der Waals surface area contributed by atoms with Gasteiger partial charge in [0.2, 0.25) is 0 Å². The van der Waals surface area contributed by atoms with E-state index in [1.54, 1.807) is 45.0 Å². The number of terminal acetylenes is 1. The molecule has 0 bridgehead atoms. The Bertz CT molecular complexity index is 564. The summed E-state index contributed by atoms with van der Waals surface area (Å²) in [4.78, 5) is 23.0. The summed E-state index contributed by atoms with van der Waals surface area (Å²) in [5.74, 6) is 2.19. The van der Waals surface area contributed by atoms with Crippen molar-refractivity contribution in [3.63, 3.8) is 0 Å². The Morgan fingerprint density at radius 1 is 1.27 bits per heavy atom. The molecule has 0 saturated carbocycles. The van der Waals surface area contributed by atoms with Crippen molar-refractivity contribution in [1.82, 2.24) is 5.32 Å². The Hall–Kier alpha value is -2.48. The number of amides is 1. The van der Waals surface area contributed by atoms with Gasteiger partial charge in [-0.15, -0.1) is 6.42 Å². The maximum atomic E-state index is 11.8. The molecule has 118 valence electrons. The fraction of sp³-hybridized carbons (Fsp3) is 0.412. The van der Waals surface area contributed by atoms with E-state index in [1.165, 1.54) is 7.11 Å². The molecular formula is C17H21NO4. The Kier molecular flexibility index (Phi) is 6.00. The molecule has 0 aliphatic rings. The van der Waals surface area contributed by atoms with Crippen molar-refractivity contribution < 1.29 is 19.1 Å². The molecule has 0 aliphatic heterocycles. The number of hydrogen-bond donors (Lipinski definition) is 1. The van der Waals surface area contributed by atoms with Gasteiger partial charge in [0.05, 0.1) is 13.5 Å². The van der Waals surface area contributed by atoms with E-state index in [1.807, 2.05) is 0 Å². The molecular weight excluding hydrogens is 282 g/mol. The largest absolute Gasteiger partial charge is 0.469 e. The molecule has 0 heterocycles. The first-order valence-corrected chi connectivity index (χ1v) is 6.86. The number of methoxy groups -OCH3 is 1. The van der Waals surface area contributed by atoms with Crippen molar-refractivity contribution in [2.45, 2.75) is 38.8 Å². The van der Waals surface area contributed by atoms with Crippen molar-refractivity contribution in [3.8, 4) is 12.3 Å². The molecule has 1 atom stereocenters. The van der Waals surface area contributed by atoms with Crippen LogP contribution in [-0.4, -0.2) is 24.8 Å². The van der Waals surface area contributed by atoms with Crippen molar-refractivity contribution >= 4 is 12.1 Å². The van der Waals surface area contributed by atoms with E-state index in [0.29, 0.717) is 0 Å². The molecule has 22 heavy (non-hydrogen) atoms. The summed E-state index contributed by atoms with van der Waals surface area (Å²) in [5.41, 5.74) is 0.957. The Morgan fingerprint density at radius 2 is 1.86 bits per heavy atom. The number of nitrogens with one attached hydrogen (secondary N) is 1. The van der Waals surface area contributed by atoms with Crippen LogP contribution >= 0.6 is 0 Å². The number of carbonyl (C=O) groups is 2. The fourth-order valence-corrected chi connectivity index (χ4v) is 1.71. The van der Waals surface area contributed by atoms with Gasteiger partial charge in [0.15, 0.2) is 0 Å². The van der Waals surface area contributed by atoms with E-state index in [0.717, 1.165) is 11.1 Å². The molecule has 0 fully saturated rings. The summed E-state index contributed by atoms with van der Waals surface area (Å²) in [6.45, 7) is 5.33. The van der Waals surface area contributed by atoms with Crippen molar-refractivity contribution in [1.29, 1.82) is 0 Å². The molecule has 1 unspecified atom stereocenters. The zero-order valence-corrected chi connectivity index (χ0v) is 13.3. The average Bonchev–Trinajstić information content (AvgIpc) is 2.43. The summed E-state index contributed by atoms with van der Waals surface area (Å²) in [7, 11) is 1.34. The standard InChI is InChI=1S/C17H21NO4/c1-6-14(18-16(20)22-17(2,3)4)13-9-7-12(8-10-13)11-15(19)21-5/h1,7-10,14H,11H2,2-5H3,(H,18,20). The molecule has 1 rings (SSSR count). The van der Waals surface area contributed by atoms with E-state index in [-0.39, 0.29) is 12.4 Å². The zero-order chi connectivity index (χ0) is 16.8. The van der Waals surface area contributed by atoms with Crippen LogP contribution in [0.1, 0.15) is 37.9 Å². The lowest BCUT2D eigenvalue weighted by atomic mass is 10.0. The number of ether oxygens (including phenoxy) is 2. The van der Waals surface area contributed by atoms with Gasteiger partial charge in [-0.25, -0.2) is 4.79 Å². The highest BCUT2D eigenvalue weighted by Gasteiger charge is 2.19. The number of hydrogen-bond acceptors (Lipinski definition) is 4. The Labute approximate surface area is 131 Å². The molecule has 5 nitrogen and oxygen atoms in total. The van der Waals surface area contributed by atoms with Crippen LogP contribution in [0.3, 0.4) is 0 Å². The van der Waals surface area contributed by atoms with Crippen LogP contribution in [0.25, 0.3) is 0 Å². The molecule has 0 radical (unpaired) electrons. The van der Waals surface area contributed by atoms with E-state index in [4.69, 9.17) is 11.2 Å². The first-order chi connectivity index (χ1) is 10.2. The number of esters is 1. The van der Waals surface area contributed by atoms with Crippen LogP contribution in [0.2, 0.25) is 0 Å². The van der Waals surface area contributed by atoms with Gasteiger partial charge in [0.1, 0.15) is 11.6 Å². The smallest absolute Gasteiger partial charge is 0.408 e. The minimum Gasteiger partial charge on any atom is -0.469 e. The predicted octanol–water partition coefficient (Wildman–Crippen LogP) is 2.60. The highest BCUT2D eigenvalue weighted by molar-refractivity contribution is 5.72. The van der Waals surface area contributed by atoms with Gasteiger partial charge in [-0.1, -0.05) is 30.2 Å². The van der Waals surface area contributed by atoms with Crippen molar-refractivity contribution in [2.75, 3.05) is 7.11 Å². The van der Waals surface area contributed by atoms with Crippen LogP contribution in [0, 0.1) is 12.3 Å². The average molecular weight is 303 g/mol. The summed E-state index contributed by atoms with van der Waals surface area (Å²) in [5, 5.41) is 2.62. The molecule has 1 aromatic rings. The molecule has 1 amide bonds. The van der Waals surface area contributed by atoms with Gasteiger partial charge in [-0.3, -0.25) is 4.79 Å². The van der Waals surface area contributed by atoms with Crippen LogP contribution in [-0.2, 0) is 20.7 Å². The molecule has 0 aliphatic carbocycles. The number of rotatable bonds is 4. The third kappa shape index (κ3) is 5.88. The lowest BCUT2D eigenvalue weighted by molar-refractivity contribution is -0.139. The number of alkyl carbamates (subject to hydrolysis) is 1. The third-order valence-electron chi connectivity index (χ3n) is 2.72. The van der Waals surface area contributed by atoms with Crippen LogP contribution in [0.15, 0.2) is 24.3 Å². The Morgan fingerprint density at radius 3 is 2.32 bits per heavy atom. The summed E-state index contributed by atoms with van der Waals surface area (Å²) < 4.78 is 9.78. The van der Waals surface area contributed by atoms with Gasteiger partial charge in [0.25, 0.3) is 0 Å². The summed E-state index contributed by atoms with van der Waals surface area (Å²) >= 11 is 0. The maximum absolute atomic E-state index is 11.8. The Balaban J connectivity index is 2.73. The fourth-order valence-electron chi connectivity index (χ4n) is 1.71. The molecule has 1 aromatic carbocycles. The van der Waals surface area contributed by atoms with Crippen molar-refractivity contribution in [2.24, 2.45) is 0 Å². The zero-order valence-electron chi connectivity index (χ0n) is 13.3. The second kappa shape index (κ2) is 7.51. The highest BCUT2D eigenvalue weighted by Crippen LogP contribution is 2.15.